The largest absolute Gasteiger partial charge is 0.493 e. The van der Waals surface area contributed by atoms with Gasteiger partial charge in [-0.3, -0.25) is 4.79 Å². The lowest BCUT2D eigenvalue weighted by Crippen LogP contribution is -2.24. The molecule has 1 aromatic heterocycles. The van der Waals surface area contributed by atoms with E-state index < -0.39 is 18.6 Å². The molecule has 1 atom stereocenters. The van der Waals surface area contributed by atoms with Crippen LogP contribution in [0.2, 0.25) is 0 Å². The number of hydrogen-bond acceptors (Lipinski definition) is 5. The minimum Gasteiger partial charge on any atom is -0.493 e. The van der Waals surface area contributed by atoms with Gasteiger partial charge in [0.05, 0.1) is 18.5 Å². The third-order valence-electron chi connectivity index (χ3n) is 5.99. The van der Waals surface area contributed by atoms with Crippen molar-refractivity contribution in [1.82, 2.24) is 4.98 Å². The molecule has 192 valence electrons. The molecule has 5 nitrogen and oxygen atoms in total. The topological polar surface area (TPSA) is 68.7 Å². The Hall–Kier alpha value is -3.39. The molecule has 0 spiro atoms. The lowest BCUT2D eigenvalue weighted by atomic mass is 9.91. The molecule has 1 unspecified atom stereocenters. The molecule has 0 aliphatic carbocycles. The molecule has 0 aliphatic rings. The predicted molar refractivity (Wildman–Crippen MR) is 131 cm³/mol. The Morgan fingerprint density at radius 2 is 1.86 bits per heavy atom. The van der Waals surface area contributed by atoms with Gasteiger partial charge in [0.1, 0.15) is 18.0 Å². The number of pyridine rings is 1. The fourth-order valence-electron chi connectivity index (χ4n) is 3.76. The molecule has 0 amide bonds. The molecular weight excluding hydrogens is 471 g/mol. The predicted octanol–water partition coefficient (Wildman–Crippen LogP) is 6.28. The van der Waals surface area contributed by atoms with Gasteiger partial charge in [0.15, 0.2) is 17.3 Å². The van der Waals surface area contributed by atoms with Crippen LogP contribution in [0.15, 0.2) is 48.5 Å². The fraction of sp³-hybridized carbons (Fsp3) is 0.357. The third-order valence-corrected chi connectivity index (χ3v) is 5.99. The Morgan fingerprint density at radius 1 is 1.11 bits per heavy atom. The molecule has 0 fully saturated rings. The molecule has 36 heavy (non-hydrogen) atoms. The van der Waals surface area contributed by atoms with Crippen LogP contribution in [0.5, 0.6) is 11.5 Å². The number of nitrogens with zero attached hydrogens (tertiary/aromatic N) is 1. The van der Waals surface area contributed by atoms with E-state index >= 15 is 0 Å². The van der Waals surface area contributed by atoms with Gasteiger partial charge in [-0.25, -0.2) is 18.2 Å². The van der Waals surface area contributed by atoms with Gasteiger partial charge in [-0.15, -0.1) is 0 Å². The van der Waals surface area contributed by atoms with E-state index in [0.29, 0.717) is 28.9 Å². The van der Waals surface area contributed by atoms with Gasteiger partial charge < -0.3 is 14.6 Å². The molecule has 3 rings (SSSR count). The maximum absolute atomic E-state index is 13.7. The summed E-state index contributed by atoms with van der Waals surface area (Å²) in [7, 11) is 1.36. The van der Waals surface area contributed by atoms with Crippen molar-refractivity contribution in [3.05, 3.63) is 76.7 Å². The highest BCUT2D eigenvalue weighted by Gasteiger charge is 2.27. The Kier molecular flexibility index (Phi) is 8.74. The second kappa shape index (κ2) is 11.6. The molecular formula is C28H30F3NO4. The number of aromatic nitrogens is 1. The maximum Gasteiger partial charge on any atom is 0.272 e. The van der Waals surface area contributed by atoms with E-state index in [1.807, 2.05) is 19.1 Å². The maximum atomic E-state index is 13.7. The van der Waals surface area contributed by atoms with E-state index in [9.17, 15) is 23.1 Å². The van der Waals surface area contributed by atoms with Crippen molar-refractivity contribution >= 4 is 5.78 Å². The summed E-state index contributed by atoms with van der Waals surface area (Å²) in [5, 5.41) is 11.2. The van der Waals surface area contributed by atoms with E-state index in [1.54, 1.807) is 26.0 Å². The third kappa shape index (κ3) is 6.63. The number of halogens is 3. The van der Waals surface area contributed by atoms with Crippen molar-refractivity contribution in [3.8, 4) is 22.8 Å². The number of carbonyl (C=O) groups excluding carboxylic acids is 1. The van der Waals surface area contributed by atoms with Crippen LogP contribution >= 0.6 is 0 Å². The van der Waals surface area contributed by atoms with Crippen LogP contribution in [0, 0.1) is 12.7 Å². The Balaban J connectivity index is 1.79. The minimum atomic E-state index is -2.63. The van der Waals surface area contributed by atoms with Crippen LogP contribution < -0.4 is 9.47 Å². The van der Waals surface area contributed by atoms with Gasteiger partial charge in [-0.05, 0) is 86.3 Å². The van der Waals surface area contributed by atoms with E-state index in [-0.39, 0.29) is 35.9 Å². The highest BCUT2D eigenvalue weighted by molar-refractivity contribution is 5.96. The number of Topliss-reactive ketones (excluding diaryl/α,β-unsaturated/α-hetero) is 1. The van der Waals surface area contributed by atoms with Gasteiger partial charge in [0.2, 0.25) is 0 Å². The molecule has 1 heterocycles. The standard InChI is InChI=1S/C28H30F3NO4/c1-5-18-13-22(19-6-8-21(29)17(2)12-19)32-26(14-18)28(3,34)11-10-23(33)20-7-9-24(25(15-20)35-4)36-16-27(30)31/h6-9,12-15,27,34H,5,10-11,16H2,1-4H3. The van der Waals surface area contributed by atoms with Crippen LogP contribution in [0.25, 0.3) is 11.3 Å². The summed E-state index contributed by atoms with van der Waals surface area (Å²) in [6.07, 6.45) is -1.82. The van der Waals surface area contributed by atoms with E-state index in [2.05, 4.69) is 4.98 Å². The molecule has 0 aliphatic heterocycles. The highest BCUT2D eigenvalue weighted by atomic mass is 19.3. The first kappa shape index (κ1) is 27.2. The number of benzene rings is 2. The van der Waals surface area contributed by atoms with Crippen LogP contribution in [0.4, 0.5) is 13.2 Å². The summed E-state index contributed by atoms with van der Waals surface area (Å²) in [5.41, 5.74) is 2.12. The summed E-state index contributed by atoms with van der Waals surface area (Å²) in [5.74, 6) is -0.272. The molecule has 8 heteroatoms. The second-order valence-corrected chi connectivity index (χ2v) is 8.83. The molecule has 0 radical (unpaired) electrons. The van der Waals surface area contributed by atoms with Crippen molar-refractivity contribution in [2.24, 2.45) is 0 Å². The van der Waals surface area contributed by atoms with Gasteiger partial charge in [-0.1, -0.05) is 6.92 Å². The Morgan fingerprint density at radius 3 is 2.50 bits per heavy atom. The summed E-state index contributed by atoms with van der Waals surface area (Å²) in [6.45, 7) is 4.48. The first-order valence-electron chi connectivity index (χ1n) is 11.7. The lowest BCUT2D eigenvalue weighted by Gasteiger charge is -2.24. The number of ether oxygens (including phenoxy) is 2. The SMILES string of the molecule is CCc1cc(-c2ccc(F)c(C)c2)nc(C(C)(O)CCC(=O)c2ccc(OCC(F)F)c(OC)c2)c1. The number of methoxy groups -OCH3 is 1. The van der Waals surface area contributed by atoms with Crippen LogP contribution in [0.3, 0.4) is 0 Å². The van der Waals surface area contributed by atoms with Crippen molar-refractivity contribution in [3.63, 3.8) is 0 Å². The van der Waals surface area contributed by atoms with E-state index in [4.69, 9.17) is 9.47 Å². The number of hydrogen-bond donors (Lipinski definition) is 1. The van der Waals surface area contributed by atoms with Crippen molar-refractivity contribution in [2.75, 3.05) is 13.7 Å². The van der Waals surface area contributed by atoms with Gasteiger partial charge in [0, 0.05) is 17.5 Å². The highest BCUT2D eigenvalue weighted by Crippen LogP contribution is 2.32. The van der Waals surface area contributed by atoms with Gasteiger partial charge in [-0.2, -0.15) is 0 Å². The second-order valence-electron chi connectivity index (χ2n) is 8.83. The quantitative estimate of drug-likeness (QED) is 0.313. The van der Waals surface area contributed by atoms with E-state index in [1.165, 1.54) is 31.4 Å². The number of carbonyl (C=O) groups is 1. The van der Waals surface area contributed by atoms with E-state index in [0.717, 1.165) is 11.1 Å². The smallest absolute Gasteiger partial charge is 0.272 e. The molecule has 0 saturated heterocycles. The molecule has 3 aromatic rings. The normalized spacial score (nSPS) is 12.9. The van der Waals surface area contributed by atoms with Crippen molar-refractivity contribution in [1.29, 1.82) is 0 Å². The summed E-state index contributed by atoms with van der Waals surface area (Å²) >= 11 is 0. The van der Waals surface area contributed by atoms with Gasteiger partial charge in [0.25, 0.3) is 6.43 Å². The first-order valence-corrected chi connectivity index (χ1v) is 11.7. The van der Waals surface area contributed by atoms with Crippen LogP contribution in [0.1, 0.15) is 53.9 Å². The number of alkyl halides is 2. The number of rotatable bonds is 11. The molecule has 2 aromatic carbocycles. The van der Waals surface area contributed by atoms with Crippen LogP contribution in [-0.4, -0.2) is 36.0 Å². The Labute approximate surface area is 208 Å². The average Bonchev–Trinajstić information content (AvgIpc) is 2.87. The lowest BCUT2D eigenvalue weighted by molar-refractivity contribution is 0.0397. The number of ketones is 1. The zero-order chi connectivity index (χ0) is 26.5. The fourth-order valence-corrected chi connectivity index (χ4v) is 3.76. The molecule has 0 saturated carbocycles. The zero-order valence-corrected chi connectivity index (χ0v) is 20.8. The number of aliphatic hydroxyl groups is 1. The monoisotopic (exact) mass is 501 g/mol. The zero-order valence-electron chi connectivity index (χ0n) is 20.8. The Bertz CT molecular complexity index is 1230. The summed E-state index contributed by atoms with van der Waals surface area (Å²) < 4.78 is 48.9. The average molecular weight is 502 g/mol. The minimum absolute atomic E-state index is 0.0103. The molecule has 1 N–H and O–H groups in total. The molecule has 0 bridgehead atoms. The van der Waals surface area contributed by atoms with Crippen LogP contribution in [-0.2, 0) is 12.0 Å². The summed E-state index contributed by atoms with van der Waals surface area (Å²) in [4.78, 5) is 17.5. The van der Waals surface area contributed by atoms with Crippen molar-refractivity contribution in [2.45, 2.75) is 52.1 Å². The number of aryl methyl sites for hydroxylation is 2. The van der Waals surface area contributed by atoms with Gasteiger partial charge >= 0.3 is 0 Å². The first-order chi connectivity index (χ1) is 17.0. The van der Waals surface area contributed by atoms with Crippen molar-refractivity contribution < 1.29 is 32.5 Å². The summed E-state index contributed by atoms with van der Waals surface area (Å²) in [6, 6.07) is 12.8.